The fourth-order valence-electron chi connectivity index (χ4n) is 3.57. The number of ether oxygens (including phenoxy) is 1. The lowest BCUT2D eigenvalue weighted by atomic mass is 9.84. The summed E-state index contributed by atoms with van der Waals surface area (Å²) in [5, 5.41) is 29.9. The zero-order valence-electron chi connectivity index (χ0n) is 19.1. The van der Waals surface area contributed by atoms with Gasteiger partial charge in [-0.3, -0.25) is 4.98 Å². The number of hydrogen-bond acceptors (Lipinski definition) is 7. The van der Waals surface area contributed by atoms with Crippen LogP contribution in [-0.2, 0) is 24.0 Å². The van der Waals surface area contributed by atoms with Gasteiger partial charge in [-0.15, -0.1) is 5.10 Å². The second-order valence-corrected chi connectivity index (χ2v) is 8.13. The number of halogens is 6. The van der Waals surface area contributed by atoms with E-state index in [1.54, 1.807) is 0 Å². The van der Waals surface area contributed by atoms with Gasteiger partial charge in [-0.05, 0) is 46.8 Å². The van der Waals surface area contributed by atoms with Crippen LogP contribution in [0.3, 0.4) is 0 Å². The van der Waals surface area contributed by atoms with Crippen LogP contribution in [-0.4, -0.2) is 36.9 Å². The Hall–Kier alpha value is -4.51. The van der Waals surface area contributed by atoms with Gasteiger partial charge in [0, 0.05) is 17.2 Å². The fourth-order valence-corrected chi connectivity index (χ4v) is 3.57. The average molecular weight is 534 g/mol. The first kappa shape index (κ1) is 26.6. The molecule has 14 heteroatoms. The zero-order chi connectivity index (χ0) is 27.6. The second kappa shape index (κ2) is 10.1. The Morgan fingerprint density at radius 2 is 1.74 bits per heavy atom. The van der Waals surface area contributed by atoms with E-state index < -0.39 is 59.1 Å². The van der Waals surface area contributed by atoms with Crippen LogP contribution in [0.1, 0.15) is 22.4 Å². The maximum Gasteiger partial charge on any atom is 0.323 e. The number of pyridine rings is 1. The molecular formula is C24H16F6N6O2. The summed E-state index contributed by atoms with van der Waals surface area (Å²) < 4.78 is 94.1. The van der Waals surface area contributed by atoms with Crippen LogP contribution in [0.5, 0.6) is 5.75 Å². The molecule has 0 spiro atoms. The lowest BCUT2D eigenvalue weighted by Crippen LogP contribution is -2.48. The lowest BCUT2D eigenvalue weighted by molar-refractivity contribution is -0.207. The Bertz CT molecular complexity index is 1440. The molecule has 0 amide bonds. The number of nitriles is 1. The van der Waals surface area contributed by atoms with Crippen LogP contribution in [0.2, 0.25) is 0 Å². The van der Waals surface area contributed by atoms with Crippen molar-refractivity contribution >= 4 is 0 Å². The number of alkyl halides is 4. The summed E-state index contributed by atoms with van der Waals surface area (Å²) in [6.45, 7) is -2.22. The van der Waals surface area contributed by atoms with Crippen molar-refractivity contribution in [3.63, 3.8) is 0 Å². The van der Waals surface area contributed by atoms with E-state index in [4.69, 9.17) is 10.00 Å². The first-order valence-electron chi connectivity index (χ1n) is 10.7. The van der Waals surface area contributed by atoms with E-state index >= 15 is 8.78 Å². The summed E-state index contributed by atoms with van der Waals surface area (Å²) in [7, 11) is 0. The third-order valence-electron chi connectivity index (χ3n) is 5.59. The van der Waals surface area contributed by atoms with E-state index in [1.165, 1.54) is 12.1 Å². The average Bonchev–Trinajstić information content (AvgIpc) is 3.40. The molecule has 0 aliphatic heterocycles. The van der Waals surface area contributed by atoms with Gasteiger partial charge < -0.3 is 9.84 Å². The number of aromatic nitrogens is 5. The lowest BCUT2D eigenvalue weighted by Gasteiger charge is -2.35. The molecule has 8 nitrogen and oxygen atoms in total. The SMILES string of the molecule is N#Cc1ccc(C(F)(F)COc2ccc(C(F)(F)C(O)(Cn3cnnn3)c3ccc(F)cc3F)nc2)cc1. The Morgan fingerprint density at radius 1 is 1.00 bits per heavy atom. The van der Waals surface area contributed by atoms with Crippen LogP contribution in [0.4, 0.5) is 26.3 Å². The van der Waals surface area contributed by atoms with Crippen LogP contribution < -0.4 is 4.74 Å². The molecule has 0 saturated heterocycles. The molecule has 196 valence electrons. The summed E-state index contributed by atoms with van der Waals surface area (Å²) in [6, 6.07) is 9.65. The van der Waals surface area contributed by atoms with Crippen molar-refractivity contribution in [3.05, 3.63) is 101 Å². The van der Waals surface area contributed by atoms with Gasteiger partial charge in [-0.25, -0.2) is 13.5 Å². The molecule has 0 fully saturated rings. The molecule has 1 N–H and O–H groups in total. The first-order chi connectivity index (χ1) is 18.0. The summed E-state index contributed by atoms with van der Waals surface area (Å²) >= 11 is 0. The molecule has 2 aromatic heterocycles. The molecule has 0 bridgehead atoms. The van der Waals surface area contributed by atoms with Gasteiger partial charge in [-0.1, -0.05) is 12.1 Å². The Balaban J connectivity index is 1.59. The standard InChI is InChI=1S/C24H16F6N6O2/c25-17-5-7-19(20(26)9-17)22(37,12-36-14-33-34-35-36)24(29,30)21-8-6-18(11-32-21)38-13-23(27,28)16-3-1-15(10-31)2-4-16/h1-9,11,14,37H,12-13H2. The molecule has 1 atom stereocenters. The molecule has 4 rings (SSSR count). The molecular weight excluding hydrogens is 518 g/mol. The van der Waals surface area contributed by atoms with Crippen LogP contribution in [0.15, 0.2) is 67.1 Å². The summed E-state index contributed by atoms with van der Waals surface area (Å²) in [4.78, 5) is 3.54. The third-order valence-corrected chi connectivity index (χ3v) is 5.59. The van der Waals surface area contributed by atoms with Crippen molar-refractivity contribution in [3.8, 4) is 11.8 Å². The summed E-state index contributed by atoms with van der Waals surface area (Å²) in [5.41, 5.74) is -5.61. The van der Waals surface area contributed by atoms with Gasteiger partial charge in [0.05, 0.1) is 24.4 Å². The van der Waals surface area contributed by atoms with E-state index in [2.05, 4.69) is 20.5 Å². The van der Waals surface area contributed by atoms with E-state index in [1.807, 2.05) is 6.07 Å². The van der Waals surface area contributed by atoms with Crippen molar-refractivity contribution in [2.24, 2.45) is 0 Å². The largest absolute Gasteiger partial charge is 0.485 e. The first-order valence-corrected chi connectivity index (χ1v) is 10.7. The molecule has 38 heavy (non-hydrogen) atoms. The Morgan fingerprint density at radius 3 is 2.32 bits per heavy atom. The maximum absolute atomic E-state index is 15.7. The number of nitrogens with zero attached hydrogens (tertiary/aromatic N) is 6. The maximum atomic E-state index is 15.7. The van der Waals surface area contributed by atoms with Gasteiger partial charge in [-0.2, -0.15) is 22.8 Å². The van der Waals surface area contributed by atoms with Crippen LogP contribution in [0.25, 0.3) is 0 Å². The van der Waals surface area contributed by atoms with E-state index in [0.717, 1.165) is 35.4 Å². The minimum absolute atomic E-state index is 0.187. The summed E-state index contributed by atoms with van der Waals surface area (Å²) in [5.74, 6) is -10.6. The highest BCUT2D eigenvalue weighted by Gasteiger charge is 2.58. The number of rotatable bonds is 9. The molecule has 2 heterocycles. The predicted molar refractivity (Wildman–Crippen MR) is 117 cm³/mol. The minimum Gasteiger partial charge on any atom is -0.485 e. The highest BCUT2D eigenvalue weighted by Crippen LogP contribution is 2.46. The molecule has 0 aliphatic rings. The van der Waals surface area contributed by atoms with E-state index in [0.29, 0.717) is 24.3 Å². The number of benzene rings is 2. The number of aliphatic hydroxyl groups is 1. The zero-order valence-corrected chi connectivity index (χ0v) is 19.1. The normalized spacial score (nSPS) is 13.5. The van der Waals surface area contributed by atoms with Crippen molar-refractivity contribution < 1.29 is 36.2 Å². The van der Waals surface area contributed by atoms with Gasteiger partial charge in [0.1, 0.15) is 29.4 Å². The van der Waals surface area contributed by atoms with E-state index in [9.17, 15) is 22.7 Å². The highest BCUT2D eigenvalue weighted by atomic mass is 19.3. The summed E-state index contributed by atoms with van der Waals surface area (Å²) in [6.07, 6.45) is 1.64. The van der Waals surface area contributed by atoms with Gasteiger partial charge >= 0.3 is 11.8 Å². The van der Waals surface area contributed by atoms with Gasteiger partial charge in [0.15, 0.2) is 12.2 Å². The third kappa shape index (κ3) is 5.14. The molecule has 0 aliphatic carbocycles. The number of hydrogen-bond donors (Lipinski definition) is 1. The van der Waals surface area contributed by atoms with Crippen molar-refractivity contribution in [2.45, 2.75) is 24.0 Å². The molecule has 1 unspecified atom stereocenters. The highest BCUT2D eigenvalue weighted by molar-refractivity contribution is 5.34. The van der Waals surface area contributed by atoms with Crippen molar-refractivity contribution in [1.29, 1.82) is 5.26 Å². The topological polar surface area (TPSA) is 110 Å². The molecule has 2 aromatic carbocycles. The minimum atomic E-state index is -4.32. The Kier molecular flexibility index (Phi) is 7.05. The van der Waals surface area contributed by atoms with Crippen molar-refractivity contribution in [2.75, 3.05) is 6.61 Å². The fraction of sp³-hybridized carbons (Fsp3) is 0.208. The smallest absolute Gasteiger partial charge is 0.323 e. The molecule has 0 saturated carbocycles. The quantitative estimate of drug-likeness (QED) is 0.323. The van der Waals surface area contributed by atoms with Gasteiger partial charge in [0.2, 0.25) is 0 Å². The predicted octanol–water partition coefficient (Wildman–Crippen LogP) is 4.07. The number of tetrazole rings is 1. The van der Waals surface area contributed by atoms with Crippen LogP contribution in [0, 0.1) is 23.0 Å². The Labute approximate surface area is 210 Å². The van der Waals surface area contributed by atoms with Crippen molar-refractivity contribution in [1.82, 2.24) is 25.2 Å². The van der Waals surface area contributed by atoms with E-state index in [-0.39, 0.29) is 11.3 Å². The molecule has 4 aromatic rings. The van der Waals surface area contributed by atoms with Crippen LogP contribution >= 0.6 is 0 Å². The second-order valence-electron chi connectivity index (χ2n) is 8.13. The molecule has 0 radical (unpaired) electrons. The van der Waals surface area contributed by atoms with Gasteiger partial charge in [0.25, 0.3) is 0 Å². The monoisotopic (exact) mass is 534 g/mol.